The molecule has 2 heterocycles. The van der Waals surface area contributed by atoms with E-state index in [4.69, 9.17) is 0 Å². The van der Waals surface area contributed by atoms with Gasteiger partial charge in [-0.15, -0.1) is 0 Å². The average Bonchev–Trinajstić information content (AvgIpc) is 2.28. The molecule has 0 aromatic rings. The fourth-order valence-corrected chi connectivity index (χ4v) is 2.74. The monoisotopic (exact) mass is 183 g/mol. The second-order valence-electron chi connectivity index (χ2n) is 5.83. The van der Waals surface area contributed by atoms with Crippen molar-refractivity contribution < 1.29 is 5.11 Å². The molecule has 13 heavy (non-hydrogen) atoms. The Morgan fingerprint density at radius 3 is 2.00 bits per heavy atom. The van der Waals surface area contributed by atoms with Gasteiger partial charge in [0.2, 0.25) is 0 Å². The van der Waals surface area contributed by atoms with Crippen LogP contribution in [0.15, 0.2) is 0 Å². The highest BCUT2D eigenvalue weighted by atomic mass is 16.3. The van der Waals surface area contributed by atoms with Crippen molar-refractivity contribution in [3.05, 3.63) is 0 Å². The van der Waals surface area contributed by atoms with E-state index in [9.17, 15) is 5.11 Å². The summed E-state index contributed by atoms with van der Waals surface area (Å²) >= 11 is 0. The highest BCUT2D eigenvalue weighted by molar-refractivity contribution is 5.04. The molecule has 2 aliphatic rings. The summed E-state index contributed by atoms with van der Waals surface area (Å²) in [6.45, 7) is 6.45. The fraction of sp³-hybridized carbons (Fsp3) is 1.00. The number of hydrogen-bond donors (Lipinski definition) is 2. The molecule has 0 spiro atoms. The van der Waals surface area contributed by atoms with Crippen LogP contribution in [0.5, 0.6) is 0 Å². The van der Waals surface area contributed by atoms with Crippen LogP contribution in [-0.4, -0.2) is 22.8 Å². The molecule has 2 N–H and O–H groups in total. The van der Waals surface area contributed by atoms with E-state index in [0.29, 0.717) is 12.1 Å². The molecule has 76 valence electrons. The predicted molar refractivity (Wildman–Crippen MR) is 53.6 cm³/mol. The van der Waals surface area contributed by atoms with Gasteiger partial charge in [0.05, 0.1) is 5.60 Å². The summed E-state index contributed by atoms with van der Waals surface area (Å²) < 4.78 is 0. The van der Waals surface area contributed by atoms with Crippen LogP contribution in [-0.2, 0) is 0 Å². The van der Waals surface area contributed by atoms with Crippen molar-refractivity contribution in [2.45, 2.75) is 64.1 Å². The summed E-state index contributed by atoms with van der Waals surface area (Å²) in [6.07, 6.45) is 4.38. The van der Waals surface area contributed by atoms with E-state index < -0.39 is 5.60 Å². The molecular weight excluding hydrogens is 162 g/mol. The predicted octanol–water partition coefficient (Wildman–Crippen LogP) is 1.68. The molecule has 0 aromatic carbocycles. The van der Waals surface area contributed by atoms with Crippen LogP contribution >= 0.6 is 0 Å². The minimum Gasteiger partial charge on any atom is -0.389 e. The third-order valence-electron chi connectivity index (χ3n) is 3.90. The minimum atomic E-state index is -0.440. The zero-order chi connectivity index (χ0) is 9.69. The van der Waals surface area contributed by atoms with Crippen LogP contribution in [0.25, 0.3) is 0 Å². The summed E-state index contributed by atoms with van der Waals surface area (Å²) in [5.41, 5.74) is -0.417. The van der Waals surface area contributed by atoms with Gasteiger partial charge < -0.3 is 10.4 Å². The van der Waals surface area contributed by atoms with Gasteiger partial charge in [-0.3, -0.25) is 0 Å². The molecule has 2 fully saturated rings. The molecule has 0 aliphatic carbocycles. The first-order valence-electron chi connectivity index (χ1n) is 5.39. The lowest BCUT2D eigenvalue weighted by atomic mass is 9.69. The van der Waals surface area contributed by atoms with Crippen LogP contribution in [0.1, 0.15) is 46.5 Å². The third kappa shape index (κ3) is 1.50. The van der Waals surface area contributed by atoms with Gasteiger partial charge in [-0.25, -0.2) is 0 Å². The van der Waals surface area contributed by atoms with E-state index in [-0.39, 0.29) is 5.41 Å². The van der Waals surface area contributed by atoms with E-state index >= 15 is 0 Å². The fourth-order valence-electron chi connectivity index (χ4n) is 2.74. The van der Waals surface area contributed by atoms with E-state index in [1.54, 1.807) is 0 Å². The summed E-state index contributed by atoms with van der Waals surface area (Å²) in [4.78, 5) is 0. The number of fused-ring (bicyclic) bond motifs is 2. The largest absolute Gasteiger partial charge is 0.389 e. The van der Waals surface area contributed by atoms with Crippen LogP contribution in [0.2, 0.25) is 0 Å². The number of nitrogens with one attached hydrogen (secondary N) is 1. The normalized spacial score (nSPS) is 45.2. The highest BCUT2D eigenvalue weighted by Crippen LogP contribution is 2.44. The molecular formula is C11H21NO. The van der Waals surface area contributed by atoms with Gasteiger partial charge in [0, 0.05) is 12.1 Å². The molecule has 0 radical (unpaired) electrons. The molecule has 2 saturated heterocycles. The summed E-state index contributed by atoms with van der Waals surface area (Å²) in [6, 6.07) is 1.14. The van der Waals surface area contributed by atoms with Crippen molar-refractivity contribution in [2.75, 3.05) is 0 Å². The Morgan fingerprint density at radius 2 is 1.62 bits per heavy atom. The Labute approximate surface area is 80.7 Å². The van der Waals surface area contributed by atoms with Gasteiger partial charge in [0.25, 0.3) is 0 Å². The summed E-state index contributed by atoms with van der Waals surface area (Å²) in [7, 11) is 0. The molecule has 0 amide bonds. The lowest BCUT2D eigenvalue weighted by Crippen LogP contribution is -2.54. The first kappa shape index (κ1) is 9.47. The molecule has 2 nitrogen and oxygen atoms in total. The van der Waals surface area contributed by atoms with Crippen molar-refractivity contribution in [3.8, 4) is 0 Å². The van der Waals surface area contributed by atoms with Gasteiger partial charge in [0.15, 0.2) is 0 Å². The minimum absolute atomic E-state index is 0.0238. The first-order chi connectivity index (χ1) is 5.91. The maximum Gasteiger partial charge on any atom is 0.0725 e. The molecule has 0 saturated carbocycles. The van der Waals surface area contributed by atoms with Gasteiger partial charge >= 0.3 is 0 Å². The summed E-state index contributed by atoms with van der Waals surface area (Å²) in [5.74, 6) is 0. The van der Waals surface area contributed by atoms with E-state index in [1.165, 1.54) is 12.8 Å². The van der Waals surface area contributed by atoms with Gasteiger partial charge in [-0.1, -0.05) is 20.8 Å². The van der Waals surface area contributed by atoms with Crippen molar-refractivity contribution in [3.63, 3.8) is 0 Å². The molecule has 2 bridgehead atoms. The SMILES string of the molecule is CC(C)(C)[C@@]1(O)C[C@H]2CC[C@@H](C1)N2. The number of piperidine rings is 1. The summed E-state index contributed by atoms with van der Waals surface area (Å²) in [5, 5.41) is 14.1. The maximum absolute atomic E-state index is 10.5. The van der Waals surface area contributed by atoms with Crippen molar-refractivity contribution >= 4 is 0 Å². The first-order valence-corrected chi connectivity index (χ1v) is 5.39. The third-order valence-corrected chi connectivity index (χ3v) is 3.90. The molecule has 0 aromatic heterocycles. The average molecular weight is 183 g/mol. The number of rotatable bonds is 0. The molecule has 3 atom stereocenters. The lowest BCUT2D eigenvalue weighted by molar-refractivity contribution is -0.0915. The Balaban J connectivity index is 2.17. The zero-order valence-corrected chi connectivity index (χ0v) is 8.93. The number of aliphatic hydroxyl groups is 1. The highest BCUT2D eigenvalue weighted by Gasteiger charge is 2.48. The second kappa shape index (κ2) is 2.71. The van der Waals surface area contributed by atoms with Crippen molar-refractivity contribution in [2.24, 2.45) is 5.41 Å². The molecule has 2 aliphatic heterocycles. The quantitative estimate of drug-likeness (QED) is 0.599. The van der Waals surface area contributed by atoms with Gasteiger partial charge in [0.1, 0.15) is 0 Å². The Kier molecular flexibility index (Phi) is 1.97. The molecule has 2 rings (SSSR count). The maximum atomic E-state index is 10.5. The zero-order valence-electron chi connectivity index (χ0n) is 8.93. The van der Waals surface area contributed by atoms with E-state index in [0.717, 1.165) is 12.8 Å². The van der Waals surface area contributed by atoms with Crippen molar-refractivity contribution in [1.29, 1.82) is 0 Å². The smallest absolute Gasteiger partial charge is 0.0725 e. The Morgan fingerprint density at radius 1 is 1.15 bits per heavy atom. The van der Waals surface area contributed by atoms with Crippen LogP contribution in [0, 0.1) is 5.41 Å². The molecule has 0 unspecified atom stereocenters. The van der Waals surface area contributed by atoms with Gasteiger partial charge in [-0.2, -0.15) is 0 Å². The Bertz CT molecular complexity index is 195. The second-order valence-corrected chi connectivity index (χ2v) is 5.83. The Hall–Kier alpha value is -0.0800. The number of hydrogen-bond acceptors (Lipinski definition) is 2. The standard InChI is InChI=1S/C11H21NO/c1-10(2,3)11(13)6-8-4-5-9(7-11)12-8/h8-9,12-13H,4-7H2,1-3H3/t8-,9+,11-. The topological polar surface area (TPSA) is 32.3 Å². The van der Waals surface area contributed by atoms with Crippen LogP contribution < -0.4 is 5.32 Å². The lowest BCUT2D eigenvalue weighted by Gasteiger charge is -2.46. The van der Waals surface area contributed by atoms with Gasteiger partial charge in [-0.05, 0) is 31.1 Å². The molecule has 2 heteroatoms. The van der Waals surface area contributed by atoms with Crippen molar-refractivity contribution in [1.82, 2.24) is 5.32 Å². The van der Waals surface area contributed by atoms with E-state index in [1.807, 2.05) is 0 Å². The van der Waals surface area contributed by atoms with Crippen LogP contribution in [0.3, 0.4) is 0 Å². The van der Waals surface area contributed by atoms with E-state index in [2.05, 4.69) is 26.1 Å². The van der Waals surface area contributed by atoms with Crippen LogP contribution in [0.4, 0.5) is 0 Å².